The molecule has 4 heteroatoms. The minimum Gasteiger partial charge on any atom is -0.375 e. The Balaban J connectivity index is 1.74. The van der Waals surface area contributed by atoms with Crippen LogP contribution in [0.4, 0.5) is 0 Å². The largest absolute Gasteiger partial charge is 0.375 e. The first-order chi connectivity index (χ1) is 9.33. The average molecular weight is 280 g/mol. The van der Waals surface area contributed by atoms with E-state index in [-0.39, 0.29) is 5.60 Å². The zero-order valence-corrected chi connectivity index (χ0v) is 12.5. The van der Waals surface area contributed by atoms with Gasteiger partial charge in [-0.3, -0.25) is 4.98 Å². The highest BCUT2D eigenvalue weighted by Crippen LogP contribution is 2.45. The number of aromatic nitrogens is 1. The fourth-order valence-corrected chi connectivity index (χ4v) is 4.60. The van der Waals surface area contributed by atoms with Gasteiger partial charge in [0.25, 0.3) is 0 Å². The number of hydrogen-bond donors (Lipinski definition) is 1. The van der Waals surface area contributed by atoms with Crippen LogP contribution in [0.15, 0.2) is 11.7 Å². The van der Waals surface area contributed by atoms with Gasteiger partial charge in [0.15, 0.2) is 0 Å². The van der Waals surface area contributed by atoms with Crippen LogP contribution in [-0.4, -0.2) is 23.7 Å². The third kappa shape index (κ3) is 2.86. The molecule has 3 rings (SSSR count). The molecule has 0 aromatic carbocycles. The van der Waals surface area contributed by atoms with E-state index in [0.717, 1.165) is 13.2 Å². The molecule has 3 nitrogen and oxygen atoms in total. The summed E-state index contributed by atoms with van der Waals surface area (Å²) in [5, 5.41) is 3.68. The standard InChI is InChI=1S/C15H24N2OS/c1-2-17-14(13-10-16-11-19-13)12-5-8-18-15(9-12)6-3-4-7-15/h10-12,14,17H,2-9H2,1H3. The Morgan fingerprint density at radius 1 is 1.53 bits per heavy atom. The number of rotatable bonds is 4. The van der Waals surface area contributed by atoms with Crippen molar-refractivity contribution in [3.05, 3.63) is 16.6 Å². The van der Waals surface area contributed by atoms with Crippen molar-refractivity contribution in [1.82, 2.24) is 10.3 Å². The van der Waals surface area contributed by atoms with Gasteiger partial charge < -0.3 is 10.1 Å². The molecule has 2 aliphatic rings. The summed E-state index contributed by atoms with van der Waals surface area (Å²) in [6.45, 7) is 4.15. The molecule has 0 radical (unpaired) electrons. The summed E-state index contributed by atoms with van der Waals surface area (Å²) in [6.07, 6.45) is 9.67. The molecule has 1 aliphatic carbocycles. The van der Waals surface area contributed by atoms with Crippen LogP contribution in [0.2, 0.25) is 0 Å². The maximum atomic E-state index is 6.16. The maximum absolute atomic E-state index is 6.16. The molecule has 0 amide bonds. The van der Waals surface area contributed by atoms with Gasteiger partial charge in [-0.1, -0.05) is 19.8 Å². The molecule has 106 valence electrons. The van der Waals surface area contributed by atoms with Gasteiger partial charge in [0.05, 0.1) is 11.1 Å². The Bertz CT molecular complexity index is 387. The second kappa shape index (κ2) is 5.90. The highest BCUT2D eigenvalue weighted by Gasteiger charge is 2.42. The number of ether oxygens (including phenoxy) is 1. The fourth-order valence-electron chi connectivity index (χ4n) is 3.82. The number of hydrogen-bond acceptors (Lipinski definition) is 4. The van der Waals surface area contributed by atoms with Crippen molar-refractivity contribution in [3.63, 3.8) is 0 Å². The summed E-state index contributed by atoms with van der Waals surface area (Å²) in [5.41, 5.74) is 2.16. The molecule has 1 saturated carbocycles. The molecule has 1 aliphatic heterocycles. The molecule has 2 fully saturated rings. The van der Waals surface area contributed by atoms with E-state index in [1.807, 2.05) is 11.7 Å². The molecule has 2 unspecified atom stereocenters. The minimum atomic E-state index is 0.210. The normalized spacial score (nSPS) is 27.7. The van der Waals surface area contributed by atoms with E-state index in [1.165, 1.54) is 43.4 Å². The Morgan fingerprint density at radius 2 is 2.37 bits per heavy atom. The van der Waals surface area contributed by atoms with Gasteiger partial charge in [-0.15, -0.1) is 11.3 Å². The first-order valence-corrected chi connectivity index (χ1v) is 8.47. The summed E-state index contributed by atoms with van der Waals surface area (Å²) in [4.78, 5) is 5.65. The molecule has 0 bridgehead atoms. The van der Waals surface area contributed by atoms with Gasteiger partial charge in [0.2, 0.25) is 0 Å². The summed E-state index contributed by atoms with van der Waals surface area (Å²) in [7, 11) is 0. The summed E-state index contributed by atoms with van der Waals surface area (Å²) in [5.74, 6) is 0.701. The van der Waals surface area contributed by atoms with E-state index in [4.69, 9.17) is 4.74 Å². The molecule has 2 heterocycles. The highest BCUT2D eigenvalue weighted by atomic mass is 32.1. The van der Waals surface area contributed by atoms with Crippen LogP contribution in [0.3, 0.4) is 0 Å². The van der Waals surface area contributed by atoms with Gasteiger partial charge in [-0.05, 0) is 38.1 Å². The zero-order chi connectivity index (χ0) is 13.1. The third-order valence-electron chi connectivity index (χ3n) is 4.70. The molecule has 1 saturated heterocycles. The molecular formula is C15H24N2OS. The van der Waals surface area contributed by atoms with E-state index < -0.39 is 0 Å². The Hall–Kier alpha value is -0.450. The molecular weight excluding hydrogens is 256 g/mol. The van der Waals surface area contributed by atoms with E-state index >= 15 is 0 Å². The van der Waals surface area contributed by atoms with Gasteiger partial charge >= 0.3 is 0 Å². The van der Waals surface area contributed by atoms with Crippen LogP contribution in [0.1, 0.15) is 56.4 Å². The molecule has 1 aromatic rings. The lowest BCUT2D eigenvalue weighted by atomic mass is 9.80. The quantitative estimate of drug-likeness (QED) is 0.916. The molecule has 1 aromatic heterocycles. The van der Waals surface area contributed by atoms with Crippen molar-refractivity contribution >= 4 is 11.3 Å². The van der Waals surface area contributed by atoms with Crippen LogP contribution < -0.4 is 5.32 Å². The smallest absolute Gasteiger partial charge is 0.0794 e. The Kier molecular flexibility index (Phi) is 4.20. The first kappa shape index (κ1) is 13.5. The minimum absolute atomic E-state index is 0.210. The zero-order valence-electron chi connectivity index (χ0n) is 11.7. The molecule has 19 heavy (non-hydrogen) atoms. The van der Waals surface area contributed by atoms with Crippen LogP contribution in [0.25, 0.3) is 0 Å². The lowest BCUT2D eigenvalue weighted by Gasteiger charge is -2.41. The average Bonchev–Trinajstić information content (AvgIpc) is 3.08. The maximum Gasteiger partial charge on any atom is 0.0794 e. The fraction of sp³-hybridized carbons (Fsp3) is 0.800. The Morgan fingerprint density at radius 3 is 3.05 bits per heavy atom. The first-order valence-electron chi connectivity index (χ1n) is 7.59. The molecule has 1 N–H and O–H groups in total. The van der Waals surface area contributed by atoms with Gasteiger partial charge in [-0.25, -0.2) is 0 Å². The van der Waals surface area contributed by atoms with Crippen LogP contribution >= 0.6 is 11.3 Å². The van der Waals surface area contributed by atoms with Crippen molar-refractivity contribution in [3.8, 4) is 0 Å². The van der Waals surface area contributed by atoms with E-state index in [9.17, 15) is 0 Å². The predicted molar refractivity (Wildman–Crippen MR) is 78.4 cm³/mol. The number of nitrogens with one attached hydrogen (secondary N) is 1. The second-order valence-electron chi connectivity index (χ2n) is 5.93. The lowest BCUT2D eigenvalue weighted by molar-refractivity contribution is -0.0979. The molecule has 2 atom stereocenters. The SMILES string of the molecule is CCNC(c1cncs1)C1CCOC2(CCCC2)C1. The van der Waals surface area contributed by atoms with E-state index in [0.29, 0.717) is 12.0 Å². The topological polar surface area (TPSA) is 34.2 Å². The predicted octanol–water partition coefficient (Wildman–Crippen LogP) is 3.53. The van der Waals surface area contributed by atoms with Crippen LogP contribution in [0.5, 0.6) is 0 Å². The number of nitrogens with zero attached hydrogens (tertiary/aromatic N) is 1. The van der Waals surface area contributed by atoms with Crippen LogP contribution in [-0.2, 0) is 4.74 Å². The van der Waals surface area contributed by atoms with Gasteiger partial charge in [0.1, 0.15) is 0 Å². The lowest BCUT2D eigenvalue weighted by Crippen LogP contribution is -2.41. The third-order valence-corrected chi connectivity index (χ3v) is 5.56. The molecule has 1 spiro atoms. The van der Waals surface area contributed by atoms with E-state index in [2.05, 4.69) is 17.2 Å². The van der Waals surface area contributed by atoms with Gasteiger partial charge in [-0.2, -0.15) is 0 Å². The second-order valence-corrected chi connectivity index (χ2v) is 6.85. The van der Waals surface area contributed by atoms with Crippen molar-refractivity contribution in [1.29, 1.82) is 0 Å². The van der Waals surface area contributed by atoms with E-state index in [1.54, 1.807) is 11.3 Å². The Labute approximate surface area is 119 Å². The summed E-state index contributed by atoms with van der Waals surface area (Å²) in [6, 6.07) is 0.471. The van der Waals surface area contributed by atoms with Crippen molar-refractivity contribution in [2.45, 2.75) is 57.1 Å². The highest BCUT2D eigenvalue weighted by molar-refractivity contribution is 7.09. The number of thiazole rings is 1. The van der Waals surface area contributed by atoms with Gasteiger partial charge in [0, 0.05) is 23.7 Å². The van der Waals surface area contributed by atoms with Crippen molar-refractivity contribution < 1.29 is 4.74 Å². The summed E-state index contributed by atoms with van der Waals surface area (Å²) >= 11 is 1.78. The monoisotopic (exact) mass is 280 g/mol. The van der Waals surface area contributed by atoms with Crippen LogP contribution in [0, 0.1) is 5.92 Å². The van der Waals surface area contributed by atoms with Crippen molar-refractivity contribution in [2.75, 3.05) is 13.2 Å². The van der Waals surface area contributed by atoms with Crippen molar-refractivity contribution in [2.24, 2.45) is 5.92 Å². The summed E-state index contributed by atoms with van der Waals surface area (Å²) < 4.78 is 6.16.